The lowest BCUT2D eigenvalue weighted by atomic mass is 10.0. The van der Waals surface area contributed by atoms with E-state index in [9.17, 15) is 4.79 Å². The van der Waals surface area contributed by atoms with Crippen molar-refractivity contribution in [2.75, 3.05) is 25.6 Å². The predicted octanol–water partition coefficient (Wildman–Crippen LogP) is 0.563. The number of carbonyl (C=O) groups excluding carboxylic acids is 1. The molecule has 17 heavy (non-hydrogen) atoms. The number of ether oxygens (including phenoxy) is 1. The second-order valence-corrected chi connectivity index (χ2v) is 4.16. The number of aromatic nitrogens is 1. The summed E-state index contributed by atoms with van der Waals surface area (Å²) in [4.78, 5) is 16.2. The van der Waals surface area contributed by atoms with E-state index in [4.69, 9.17) is 4.74 Å². The zero-order chi connectivity index (χ0) is 12.3. The lowest BCUT2D eigenvalue weighted by molar-refractivity contribution is -0.120. The van der Waals surface area contributed by atoms with E-state index in [-0.39, 0.29) is 17.9 Å². The SMILES string of the molecule is CNC1COCC1C(=O)Nc1cccnc1C. The van der Waals surface area contributed by atoms with Crippen LogP contribution >= 0.6 is 0 Å². The Hall–Kier alpha value is -1.46. The molecule has 2 rings (SSSR count). The fourth-order valence-corrected chi connectivity index (χ4v) is 1.94. The Balaban J connectivity index is 2.04. The van der Waals surface area contributed by atoms with Crippen LogP contribution in [-0.2, 0) is 9.53 Å². The summed E-state index contributed by atoms with van der Waals surface area (Å²) in [7, 11) is 1.84. The number of amides is 1. The van der Waals surface area contributed by atoms with Gasteiger partial charge >= 0.3 is 0 Å². The average molecular weight is 235 g/mol. The van der Waals surface area contributed by atoms with Crippen LogP contribution in [0.5, 0.6) is 0 Å². The molecule has 1 aromatic rings. The second kappa shape index (κ2) is 5.25. The molecule has 1 aromatic heterocycles. The van der Waals surface area contributed by atoms with Gasteiger partial charge in [-0.2, -0.15) is 0 Å². The predicted molar refractivity (Wildman–Crippen MR) is 64.8 cm³/mol. The van der Waals surface area contributed by atoms with Crippen LogP contribution in [0.1, 0.15) is 5.69 Å². The maximum absolute atomic E-state index is 12.1. The van der Waals surface area contributed by atoms with Gasteiger partial charge in [-0.05, 0) is 26.1 Å². The molecule has 0 radical (unpaired) electrons. The number of aryl methyl sites for hydroxylation is 1. The highest BCUT2D eigenvalue weighted by molar-refractivity contribution is 5.93. The van der Waals surface area contributed by atoms with Gasteiger partial charge in [0.25, 0.3) is 0 Å². The lowest BCUT2D eigenvalue weighted by Gasteiger charge is -2.16. The van der Waals surface area contributed by atoms with Gasteiger partial charge < -0.3 is 15.4 Å². The van der Waals surface area contributed by atoms with E-state index in [1.54, 1.807) is 6.20 Å². The minimum Gasteiger partial charge on any atom is -0.379 e. The molecule has 2 atom stereocenters. The highest BCUT2D eigenvalue weighted by Gasteiger charge is 2.33. The standard InChI is InChI=1S/C12H17N3O2/c1-8-10(4-3-5-14-8)15-12(16)9-6-17-7-11(9)13-2/h3-5,9,11,13H,6-7H2,1-2H3,(H,15,16). The second-order valence-electron chi connectivity index (χ2n) is 4.16. The maximum atomic E-state index is 12.1. The molecule has 2 unspecified atom stereocenters. The Labute approximate surface area is 101 Å². The Kier molecular flexibility index (Phi) is 3.71. The molecule has 0 saturated carbocycles. The molecule has 1 amide bonds. The minimum atomic E-state index is -0.139. The minimum absolute atomic E-state index is 0.0158. The van der Waals surface area contributed by atoms with E-state index in [1.165, 1.54) is 0 Å². The van der Waals surface area contributed by atoms with Crippen LogP contribution in [-0.4, -0.2) is 37.2 Å². The van der Waals surface area contributed by atoms with Crippen molar-refractivity contribution >= 4 is 11.6 Å². The van der Waals surface area contributed by atoms with Crippen LogP contribution in [0.15, 0.2) is 18.3 Å². The largest absolute Gasteiger partial charge is 0.379 e. The summed E-state index contributed by atoms with van der Waals surface area (Å²) in [5.41, 5.74) is 1.58. The molecular formula is C12H17N3O2. The van der Waals surface area contributed by atoms with Crippen molar-refractivity contribution < 1.29 is 9.53 Å². The fraction of sp³-hybridized carbons (Fsp3) is 0.500. The number of hydrogen-bond donors (Lipinski definition) is 2. The van der Waals surface area contributed by atoms with Gasteiger partial charge in [-0.3, -0.25) is 9.78 Å². The first-order valence-corrected chi connectivity index (χ1v) is 5.70. The van der Waals surface area contributed by atoms with Crippen LogP contribution in [0, 0.1) is 12.8 Å². The molecule has 1 aliphatic heterocycles. The van der Waals surface area contributed by atoms with Crippen LogP contribution in [0.2, 0.25) is 0 Å². The molecule has 1 aliphatic rings. The van der Waals surface area contributed by atoms with E-state index in [0.29, 0.717) is 13.2 Å². The summed E-state index contributed by atoms with van der Waals surface area (Å²) in [6, 6.07) is 3.75. The Morgan fingerprint density at radius 2 is 2.35 bits per heavy atom. The van der Waals surface area contributed by atoms with E-state index in [1.807, 2.05) is 26.1 Å². The number of pyridine rings is 1. The van der Waals surface area contributed by atoms with E-state index in [0.717, 1.165) is 11.4 Å². The van der Waals surface area contributed by atoms with Crippen molar-refractivity contribution in [3.63, 3.8) is 0 Å². The molecule has 0 aromatic carbocycles. The Morgan fingerprint density at radius 1 is 1.53 bits per heavy atom. The van der Waals surface area contributed by atoms with Crippen molar-refractivity contribution in [2.24, 2.45) is 5.92 Å². The molecule has 0 spiro atoms. The molecule has 5 nitrogen and oxygen atoms in total. The van der Waals surface area contributed by atoms with Crippen LogP contribution < -0.4 is 10.6 Å². The quantitative estimate of drug-likeness (QED) is 0.803. The molecule has 5 heteroatoms. The van der Waals surface area contributed by atoms with Gasteiger partial charge in [0.1, 0.15) is 0 Å². The highest BCUT2D eigenvalue weighted by atomic mass is 16.5. The van der Waals surface area contributed by atoms with E-state index >= 15 is 0 Å². The van der Waals surface area contributed by atoms with Crippen molar-refractivity contribution in [3.8, 4) is 0 Å². The Morgan fingerprint density at radius 3 is 3.06 bits per heavy atom. The van der Waals surface area contributed by atoms with Gasteiger partial charge in [0.2, 0.25) is 5.91 Å². The third-order valence-electron chi connectivity index (χ3n) is 3.05. The summed E-state index contributed by atoms with van der Waals surface area (Å²) < 4.78 is 5.31. The third-order valence-corrected chi connectivity index (χ3v) is 3.05. The monoisotopic (exact) mass is 235 g/mol. The normalized spacial score (nSPS) is 23.6. The summed E-state index contributed by atoms with van der Waals surface area (Å²) in [6.45, 7) is 2.92. The molecule has 0 aliphatic carbocycles. The van der Waals surface area contributed by atoms with Crippen LogP contribution in [0.4, 0.5) is 5.69 Å². The fourth-order valence-electron chi connectivity index (χ4n) is 1.94. The summed E-state index contributed by atoms with van der Waals surface area (Å²) in [5, 5.41) is 5.99. The number of likely N-dealkylation sites (N-methyl/N-ethyl adjacent to an activating group) is 1. The topological polar surface area (TPSA) is 63.2 Å². The molecular weight excluding hydrogens is 218 g/mol. The molecule has 2 heterocycles. The van der Waals surface area contributed by atoms with Crippen LogP contribution in [0.25, 0.3) is 0 Å². The number of nitrogens with zero attached hydrogens (tertiary/aromatic N) is 1. The van der Waals surface area contributed by atoms with Gasteiger partial charge in [0, 0.05) is 12.2 Å². The van der Waals surface area contributed by atoms with Gasteiger partial charge in [-0.1, -0.05) is 0 Å². The zero-order valence-corrected chi connectivity index (χ0v) is 10.1. The van der Waals surface area contributed by atoms with Crippen molar-refractivity contribution in [3.05, 3.63) is 24.0 Å². The van der Waals surface area contributed by atoms with E-state index in [2.05, 4.69) is 15.6 Å². The molecule has 1 fully saturated rings. The van der Waals surface area contributed by atoms with Gasteiger partial charge in [-0.25, -0.2) is 0 Å². The summed E-state index contributed by atoms with van der Waals surface area (Å²) in [6.07, 6.45) is 1.71. The third kappa shape index (κ3) is 2.62. The van der Waals surface area contributed by atoms with Gasteiger partial charge in [-0.15, -0.1) is 0 Å². The molecule has 2 N–H and O–H groups in total. The lowest BCUT2D eigenvalue weighted by Crippen LogP contribution is -2.39. The van der Waals surface area contributed by atoms with Crippen molar-refractivity contribution in [1.82, 2.24) is 10.3 Å². The molecule has 92 valence electrons. The molecule has 1 saturated heterocycles. The smallest absolute Gasteiger partial charge is 0.231 e. The van der Waals surface area contributed by atoms with Crippen molar-refractivity contribution in [2.45, 2.75) is 13.0 Å². The highest BCUT2D eigenvalue weighted by Crippen LogP contribution is 2.17. The Bertz CT molecular complexity index is 408. The van der Waals surface area contributed by atoms with Crippen LogP contribution in [0.3, 0.4) is 0 Å². The summed E-state index contributed by atoms with van der Waals surface area (Å²) >= 11 is 0. The zero-order valence-electron chi connectivity index (χ0n) is 10.1. The number of nitrogens with one attached hydrogen (secondary N) is 2. The molecule has 0 bridgehead atoms. The first-order chi connectivity index (χ1) is 8.22. The van der Waals surface area contributed by atoms with E-state index < -0.39 is 0 Å². The first kappa shape index (κ1) is 12.0. The average Bonchev–Trinajstić information content (AvgIpc) is 2.80. The van der Waals surface area contributed by atoms with Gasteiger partial charge in [0.05, 0.1) is 30.5 Å². The number of carbonyl (C=O) groups is 1. The first-order valence-electron chi connectivity index (χ1n) is 5.70. The summed E-state index contributed by atoms with van der Waals surface area (Å²) in [5.74, 6) is -0.155. The number of hydrogen-bond acceptors (Lipinski definition) is 4. The number of anilines is 1. The van der Waals surface area contributed by atoms with Gasteiger partial charge in [0.15, 0.2) is 0 Å². The van der Waals surface area contributed by atoms with Crippen molar-refractivity contribution in [1.29, 1.82) is 0 Å². The number of rotatable bonds is 3. The maximum Gasteiger partial charge on any atom is 0.231 e.